The second-order valence-corrected chi connectivity index (χ2v) is 9.44. The molecule has 1 aliphatic rings. The Bertz CT molecular complexity index is 852. The molecule has 8 nitrogen and oxygen atoms in total. The molecular weight excluding hydrogens is 394 g/mol. The zero-order valence-corrected chi connectivity index (χ0v) is 18.0. The summed E-state index contributed by atoms with van der Waals surface area (Å²) < 4.78 is 22.6. The Morgan fingerprint density at radius 1 is 1.24 bits per heavy atom. The van der Waals surface area contributed by atoms with Crippen LogP contribution in [-0.2, 0) is 31.8 Å². The van der Waals surface area contributed by atoms with Gasteiger partial charge in [0.15, 0.2) is 0 Å². The number of aromatic nitrogens is 2. The van der Waals surface area contributed by atoms with E-state index in [0.29, 0.717) is 24.8 Å². The van der Waals surface area contributed by atoms with Gasteiger partial charge in [-0.2, -0.15) is 4.98 Å². The summed E-state index contributed by atoms with van der Waals surface area (Å²) in [6.45, 7) is 7.00. The summed E-state index contributed by atoms with van der Waals surface area (Å²) in [6.07, 6.45) is 3.20. The van der Waals surface area contributed by atoms with Crippen molar-refractivity contribution in [2.24, 2.45) is 5.41 Å². The Labute approximate surface area is 173 Å². The molecule has 0 N–H and O–H groups in total. The first-order valence-corrected chi connectivity index (χ1v) is 11.1. The van der Waals surface area contributed by atoms with E-state index in [1.807, 2.05) is 32.9 Å². The predicted octanol–water partition coefficient (Wildman–Crippen LogP) is 2.96. The van der Waals surface area contributed by atoms with E-state index in [-0.39, 0.29) is 18.7 Å². The minimum absolute atomic E-state index is 0.0498. The number of hydrogen-bond donors (Lipinski definition) is 0. The maximum atomic E-state index is 12.0. The van der Waals surface area contributed by atoms with Crippen molar-refractivity contribution in [3.8, 4) is 11.4 Å². The Morgan fingerprint density at radius 2 is 1.90 bits per heavy atom. The summed E-state index contributed by atoms with van der Waals surface area (Å²) in [5.41, 5.74) is 0.278. The van der Waals surface area contributed by atoms with E-state index in [1.54, 1.807) is 23.5 Å². The molecule has 0 amide bonds. The summed E-state index contributed by atoms with van der Waals surface area (Å²) in [5, 5.41) is 5.68. The minimum atomic E-state index is -1.02. The van der Waals surface area contributed by atoms with Crippen LogP contribution in [0, 0.1) is 5.41 Å². The highest BCUT2D eigenvalue weighted by atomic mass is 32.2. The van der Waals surface area contributed by atoms with E-state index < -0.39 is 16.2 Å². The molecule has 1 fully saturated rings. The van der Waals surface area contributed by atoms with Crippen LogP contribution in [0.1, 0.15) is 39.5 Å². The van der Waals surface area contributed by atoms with Gasteiger partial charge in [0.25, 0.3) is 5.89 Å². The van der Waals surface area contributed by atoms with Crippen LogP contribution in [0.3, 0.4) is 0 Å². The molecule has 2 aromatic rings. The Morgan fingerprint density at radius 3 is 2.48 bits per heavy atom. The van der Waals surface area contributed by atoms with Gasteiger partial charge in [0, 0.05) is 40.6 Å². The van der Waals surface area contributed by atoms with E-state index in [9.17, 15) is 9.00 Å². The van der Waals surface area contributed by atoms with Crippen LogP contribution in [-0.4, -0.2) is 50.8 Å². The van der Waals surface area contributed by atoms with Gasteiger partial charge in [0.05, 0.1) is 11.5 Å². The maximum absolute atomic E-state index is 12.0. The SMILES string of the molecule is CS(=O)c1ccc(-c2noc(COC3CCN(OC(=O)C(C)(C)C)CC3)n2)cc1. The van der Waals surface area contributed by atoms with Gasteiger partial charge in [-0.3, -0.25) is 4.21 Å². The largest absolute Gasteiger partial charge is 0.368 e. The molecule has 29 heavy (non-hydrogen) atoms. The van der Waals surface area contributed by atoms with Crippen molar-refractivity contribution in [3.63, 3.8) is 0 Å². The first-order valence-electron chi connectivity index (χ1n) is 9.58. The number of hydrogen-bond acceptors (Lipinski definition) is 8. The van der Waals surface area contributed by atoms with Gasteiger partial charge in [-0.25, -0.2) is 4.79 Å². The summed E-state index contributed by atoms with van der Waals surface area (Å²) in [6, 6.07) is 7.22. The lowest BCUT2D eigenvalue weighted by atomic mass is 9.98. The topological polar surface area (TPSA) is 94.8 Å². The summed E-state index contributed by atoms with van der Waals surface area (Å²) >= 11 is 0. The van der Waals surface area contributed by atoms with Gasteiger partial charge in [-0.05, 0) is 57.9 Å². The van der Waals surface area contributed by atoms with Gasteiger partial charge in [-0.1, -0.05) is 5.16 Å². The molecule has 0 saturated carbocycles. The Balaban J connectivity index is 1.46. The molecule has 1 aromatic heterocycles. The Kier molecular flexibility index (Phi) is 6.81. The quantitative estimate of drug-likeness (QED) is 0.703. The first-order chi connectivity index (χ1) is 13.7. The molecule has 1 aromatic carbocycles. The molecule has 0 radical (unpaired) electrons. The highest BCUT2D eigenvalue weighted by molar-refractivity contribution is 7.84. The van der Waals surface area contributed by atoms with Crippen LogP contribution in [0.15, 0.2) is 33.7 Å². The third kappa shape index (κ3) is 5.94. The van der Waals surface area contributed by atoms with Crippen LogP contribution < -0.4 is 0 Å². The molecule has 1 aliphatic heterocycles. The lowest BCUT2D eigenvalue weighted by Gasteiger charge is -2.31. The van der Waals surface area contributed by atoms with Gasteiger partial charge in [0.2, 0.25) is 5.82 Å². The smallest absolute Gasteiger partial charge is 0.330 e. The third-order valence-electron chi connectivity index (χ3n) is 4.58. The number of ether oxygens (including phenoxy) is 1. The standard InChI is InChI=1S/C20H27N3O5S/c1-20(2,3)19(24)28-23-11-9-15(10-12-23)26-13-17-21-18(22-27-17)14-5-7-16(8-6-14)29(4)25/h5-8,15H,9-13H2,1-4H3. The molecule has 158 valence electrons. The van der Waals surface area contributed by atoms with Crippen molar-refractivity contribution in [1.29, 1.82) is 0 Å². The van der Waals surface area contributed by atoms with Gasteiger partial charge in [-0.15, -0.1) is 5.06 Å². The van der Waals surface area contributed by atoms with Crippen molar-refractivity contribution in [3.05, 3.63) is 30.2 Å². The van der Waals surface area contributed by atoms with E-state index in [0.717, 1.165) is 23.3 Å². The third-order valence-corrected chi connectivity index (χ3v) is 5.52. The summed E-state index contributed by atoms with van der Waals surface area (Å²) in [5.74, 6) is 0.652. The molecule has 2 heterocycles. The summed E-state index contributed by atoms with van der Waals surface area (Å²) in [7, 11) is -1.02. The van der Waals surface area contributed by atoms with Gasteiger partial charge in [0.1, 0.15) is 6.61 Å². The average molecular weight is 422 g/mol. The lowest BCUT2D eigenvalue weighted by Crippen LogP contribution is -2.40. The van der Waals surface area contributed by atoms with Crippen molar-refractivity contribution in [2.75, 3.05) is 19.3 Å². The zero-order valence-electron chi connectivity index (χ0n) is 17.2. The first kappa shape index (κ1) is 21.6. The van der Waals surface area contributed by atoms with E-state index in [2.05, 4.69) is 10.1 Å². The summed E-state index contributed by atoms with van der Waals surface area (Å²) in [4.78, 5) is 22.5. The fraction of sp³-hybridized carbons (Fsp3) is 0.550. The fourth-order valence-electron chi connectivity index (χ4n) is 2.76. The van der Waals surface area contributed by atoms with Crippen molar-refractivity contribution in [1.82, 2.24) is 15.2 Å². The highest BCUT2D eigenvalue weighted by Crippen LogP contribution is 2.21. The molecule has 1 atom stereocenters. The average Bonchev–Trinajstić information content (AvgIpc) is 3.16. The zero-order chi connectivity index (χ0) is 21.0. The number of carbonyl (C=O) groups excluding carboxylic acids is 1. The van der Waals surface area contributed by atoms with Gasteiger partial charge >= 0.3 is 5.97 Å². The molecule has 0 aliphatic carbocycles. The molecular formula is C20H27N3O5S. The van der Waals surface area contributed by atoms with E-state index in [4.69, 9.17) is 14.1 Å². The van der Waals surface area contributed by atoms with E-state index >= 15 is 0 Å². The number of hydroxylamine groups is 2. The number of piperidine rings is 1. The Hall–Kier alpha value is -2.10. The van der Waals surface area contributed by atoms with Crippen molar-refractivity contribution < 1.29 is 23.1 Å². The molecule has 9 heteroatoms. The second kappa shape index (κ2) is 9.15. The van der Waals surface area contributed by atoms with Crippen LogP contribution >= 0.6 is 0 Å². The van der Waals surface area contributed by atoms with Crippen LogP contribution in [0.5, 0.6) is 0 Å². The lowest BCUT2D eigenvalue weighted by molar-refractivity contribution is -0.209. The molecule has 0 spiro atoms. The molecule has 3 rings (SSSR count). The highest BCUT2D eigenvalue weighted by Gasteiger charge is 2.28. The molecule has 1 unspecified atom stereocenters. The van der Waals surface area contributed by atoms with E-state index in [1.165, 1.54) is 0 Å². The van der Waals surface area contributed by atoms with Crippen molar-refractivity contribution >= 4 is 16.8 Å². The fourth-order valence-corrected chi connectivity index (χ4v) is 3.28. The molecule has 1 saturated heterocycles. The van der Waals surface area contributed by atoms with Crippen molar-refractivity contribution in [2.45, 2.75) is 51.2 Å². The number of benzene rings is 1. The van der Waals surface area contributed by atoms with Crippen LogP contribution in [0.2, 0.25) is 0 Å². The number of carbonyl (C=O) groups is 1. The molecule has 0 bridgehead atoms. The number of rotatable bonds is 6. The van der Waals surface area contributed by atoms with Crippen LogP contribution in [0.25, 0.3) is 11.4 Å². The predicted molar refractivity (Wildman–Crippen MR) is 107 cm³/mol. The van der Waals surface area contributed by atoms with Gasteiger partial charge < -0.3 is 14.1 Å². The monoisotopic (exact) mass is 421 g/mol. The maximum Gasteiger partial charge on any atom is 0.330 e. The second-order valence-electron chi connectivity index (χ2n) is 8.06. The normalized spacial score (nSPS) is 17.2. The minimum Gasteiger partial charge on any atom is -0.368 e. The van der Waals surface area contributed by atoms with Crippen LogP contribution in [0.4, 0.5) is 0 Å². The number of nitrogens with zero attached hydrogens (tertiary/aromatic N) is 3.